The zero-order valence-corrected chi connectivity index (χ0v) is 26.9. The number of phenolic OH excluding ortho intramolecular Hbond substituents is 1. The summed E-state index contributed by atoms with van der Waals surface area (Å²) in [5.74, 6) is -0.582. The second kappa shape index (κ2) is 17.6. The van der Waals surface area contributed by atoms with Crippen molar-refractivity contribution in [2.75, 3.05) is 13.1 Å². The number of nitrogens with one attached hydrogen (secondary N) is 1. The van der Waals surface area contributed by atoms with Gasteiger partial charge in [-0.25, -0.2) is 0 Å². The molecule has 0 aliphatic rings. The summed E-state index contributed by atoms with van der Waals surface area (Å²) in [4.78, 5) is 14.3. The van der Waals surface area contributed by atoms with E-state index in [1.165, 1.54) is 21.6 Å². The van der Waals surface area contributed by atoms with Crippen LogP contribution in [0.2, 0.25) is 0 Å². The average Bonchev–Trinajstić information content (AvgIpc) is 3.02. The highest BCUT2D eigenvalue weighted by Gasteiger charge is 2.17. The van der Waals surface area contributed by atoms with Crippen LogP contribution in [-0.4, -0.2) is 34.2 Å². The van der Waals surface area contributed by atoms with Crippen LogP contribution in [0.15, 0.2) is 126 Å². The van der Waals surface area contributed by atoms with E-state index in [2.05, 4.69) is 91.8 Å². The van der Waals surface area contributed by atoms with E-state index < -0.39 is 5.97 Å². The monoisotopic (exact) mass is 608 g/mol. The fourth-order valence-corrected chi connectivity index (χ4v) is 5.72. The van der Waals surface area contributed by atoms with E-state index >= 15 is 0 Å². The molecule has 0 radical (unpaired) electrons. The Bertz CT molecular complexity index is 1490. The number of carboxylic acids is 1. The van der Waals surface area contributed by atoms with E-state index in [0.717, 1.165) is 41.1 Å². The van der Waals surface area contributed by atoms with Gasteiger partial charge in [-0.2, -0.15) is 0 Å². The van der Waals surface area contributed by atoms with Crippen LogP contribution in [0.25, 0.3) is 11.3 Å². The number of thioether (sulfide) groups is 1. The predicted molar refractivity (Wildman–Crippen MR) is 187 cm³/mol. The number of hydrogen-bond donors (Lipinski definition) is 3. The largest absolute Gasteiger partial charge is 0.508 e. The van der Waals surface area contributed by atoms with Gasteiger partial charge in [-0.3, -0.25) is 4.79 Å². The number of carboxylic acid groups (broad SMARTS) is 1. The van der Waals surface area contributed by atoms with Gasteiger partial charge >= 0.3 is 5.97 Å². The molecule has 3 aromatic carbocycles. The third-order valence-corrected chi connectivity index (χ3v) is 8.35. The van der Waals surface area contributed by atoms with Crippen LogP contribution < -0.4 is 5.32 Å². The number of aromatic hydroxyl groups is 1. The third-order valence-electron chi connectivity index (χ3n) is 7.11. The maximum absolute atomic E-state index is 10.9. The zero-order chi connectivity index (χ0) is 31.9. The summed E-state index contributed by atoms with van der Waals surface area (Å²) in [5, 5.41) is 22.7. The molecule has 44 heavy (non-hydrogen) atoms. The molecule has 0 saturated carbocycles. The molecule has 0 aliphatic heterocycles. The number of benzene rings is 3. The summed E-state index contributed by atoms with van der Waals surface area (Å²) < 4.78 is 0. The number of phenols is 1. The maximum Gasteiger partial charge on any atom is 0.305 e. The van der Waals surface area contributed by atoms with Gasteiger partial charge in [0.1, 0.15) is 5.75 Å². The Balaban J connectivity index is 1.89. The first-order chi connectivity index (χ1) is 21.2. The molecule has 0 fully saturated rings. The van der Waals surface area contributed by atoms with Gasteiger partial charge in [0.05, 0.1) is 11.4 Å². The first-order valence-electron chi connectivity index (χ1n) is 14.9. The number of allylic oxidation sites excluding steroid dienone is 5. The Morgan fingerprint density at radius 1 is 0.955 bits per heavy atom. The molecule has 0 amide bonds. The summed E-state index contributed by atoms with van der Waals surface area (Å²) in [6.45, 7) is 16.8. The molecule has 0 bridgehead atoms. The number of aliphatic carboxylic acids is 1. The lowest BCUT2D eigenvalue weighted by Crippen LogP contribution is -2.24. The van der Waals surface area contributed by atoms with Crippen LogP contribution in [-0.2, 0) is 17.8 Å². The minimum Gasteiger partial charge on any atom is -0.508 e. The molecule has 230 valence electrons. The van der Waals surface area contributed by atoms with Crippen molar-refractivity contribution in [1.29, 1.82) is 0 Å². The van der Waals surface area contributed by atoms with E-state index in [0.29, 0.717) is 18.8 Å². The average molecular weight is 609 g/mol. The van der Waals surface area contributed by atoms with Crippen molar-refractivity contribution in [1.82, 2.24) is 10.2 Å². The second-order valence-corrected chi connectivity index (χ2v) is 11.6. The quantitative estimate of drug-likeness (QED) is 0.133. The smallest absolute Gasteiger partial charge is 0.305 e. The van der Waals surface area contributed by atoms with Crippen molar-refractivity contribution in [2.24, 2.45) is 0 Å². The Morgan fingerprint density at radius 2 is 1.61 bits per heavy atom. The Kier molecular flexibility index (Phi) is 13.7. The first kappa shape index (κ1) is 34.1. The van der Waals surface area contributed by atoms with Gasteiger partial charge < -0.3 is 20.4 Å². The molecular formula is C38H44N2O3S. The fourth-order valence-electron chi connectivity index (χ4n) is 4.66. The Hall–Kier alpha value is -4.42. The maximum atomic E-state index is 10.9. The van der Waals surface area contributed by atoms with Crippen molar-refractivity contribution in [3.8, 4) is 5.75 Å². The van der Waals surface area contributed by atoms with Crippen LogP contribution in [0.5, 0.6) is 5.75 Å². The van der Waals surface area contributed by atoms with Crippen molar-refractivity contribution < 1.29 is 15.0 Å². The predicted octanol–water partition coefficient (Wildman–Crippen LogP) is 9.02. The molecule has 0 aromatic heterocycles. The van der Waals surface area contributed by atoms with Gasteiger partial charge in [0.2, 0.25) is 0 Å². The highest BCUT2D eigenvalue weighted by molar-refractivity contribution is 8.07. The van der Waals surface area contributed by atoms with E-state index in [1.807, 2.05) is 37.3 Å². The highest BCUT2D eigenvalue weighted by Crippen LogP contribution is 2.39. The molecule has 6 heteroatoms. The first-order valence-corrected chi connectivity index (χ1v) is 15.8. The van der Waals surface area contributed by atoms with Gasteiger partial charge in [0.15, 0.2) is 0 Å². The van der Waals surface area contributed by atoms with E-state index in [-0.39, 0.29) is 12.2 Å². The lowest BCUT2D eigenvalue weighted by Gasteiger charge is -2.28. The van der Waals surface area contributed by atoms with Crippen LogP contribution in [0.3, 0.4) is 0 Å². The second-order valence-electron chi connectivity index (χ2n) is 10.5. The third kappa shape index (κ3) is 10.7. The Morgan fingerprint density at radius 3 is 2.23 bits per heavy atom. The van der Waals surface area contributed by atoms with Crippen LogP contribution >= 0.6 is 11.8 Å². The number of carbonyl (C=O) groups is 1. The highest BCUT2D eigenvalue weighted by atomic mass is 32.2. The van der Waals surface area contributed by atoms with Crippen LogP contribution in [0.4, 0.5) is 0 Å². The lowest BCUT2D eigenvalue weighted by molar-refractivity contribution is -0.136. The Labute approximate surface area is 267 Å². The van der Waals surface area contributed by atoms with Crippen molar-refractivity contribution in [3.63, 3.8) is 0 Å². The van der Waals surface area contributed by atoms with Crippen LogP contribution in [0, 0.1) is 0 Å². The molecule has 0 atom stereocenters. The van der Waals surface area contributed by atoms with Crippen molar-refractivity contribution in [3.05, 3.63) is 148 Å². The fraction of sp³-hybridized carbons (Fsp3) is 0.237. The van der Waals surface area contributed by atoms with E-state index in [1.54, 1.807) is 23.9 Å². The molecule has 3 N–H and O–H groups in total. The minimum atomic E-state index is -0.842. The van der Waals surface area contributed by atoms with Gasteiger partial charge in [0.25, 0.3) is 0 Å². The molecule has 0 spiro atoms. The number of nitrogens with zero attached hydrogens (tertiary/aromatic N) is 1. The molecule has 0 heterocycles. The summed E-state index contributed by atoms with van der Waals surface area (Å²) in [6, 6.07) is 26.0. The van der Waals surface area contributed by atoms with Crippen molar-refractivity contribution >= 4 is 29.0 Å². The summed E-state index contributed by atoms with van der Waals surface area (Å²) in [5.41, 5.74) is 7.45. The molecule has 3 rings (SSSR count). The topological polar surface area (TPSA) is 72.8 Å². The summed E-state index contributed by atoms with van der Waals surface area (Å²) in [7, 11) is 0. The van der Waals surface area contributed by atoms with Gasteiger partial charge in [-0.15, -0.1) is 0 Å². The molecule has 3 aromatic rings. The number of hydrogen-bond acceptors (Lipinski definition) is 5. The van der Waals surface area contributed by atoms with Gasteiger partial charge in [-0.05, 0) is 72.2 Å². The molecule has 0 unspecified atom stereocenters. The molecular weight excluding hydrogens is 564 g/mol. The van der Waals surface area contributed by atoms with Gasteiger partial charge in [-0.1, -0.05) is 117 Å². The SMILES string of the molecule is C=C(NCCC(=O)O)c1ccc(CN(CCc2ccc(O)cc2)C(=C)SC(/C(/C=C\C)=C/CC)=C(\C)c2ccccc2)cc1. The van der Waals surface area contributed by atoms with Crippen molar-refractivity contribution in [2.45, 2.75) is 46.6 Å². The lowest BCUT2D eigenvalue weighted by atomic mass is 10.0. The number of rotatable bonds is 17. The van der Waals surface area contributed by atoms with Gasteiger partial charge in [0, 0.05) is 30.2 Å². The normalized spacial score (nSPS) is 12.1. The molecule has 0 saturated heterocycles. The summed E-state index contributed by atoms with van der Waals surface area (Å²) >= 11 is 1.70. The van der Waals surface area contributed by atoms with Crippen LogP contribution in [0.1, 0.15) is 55.9 Å². The van der Waals surface area contributed by atoms with E-state index in [4.69, 9.17) is 5.11 Å². The summed E-state index contributed by atoms with van der Waals surface area (Å²) in [6.07, 6.45) is 8.27. The molecule has 0 aliphatic carbocycles. The minimum absolute atomic E-state index is 0.0380. The zero-order valence-electron chi connectivity index (χ0n) is 26.1. The molecule has 5 nitrogen and oxygen atoms in total. The standard InChI is InChI=1S/C38H44N2O3S/c1-6-11-35(12-7-2)38(28(3)33-13-9-8-10-14-33)44-30(5)40(26-24-31-17-21-36(41)22-18-31)27-32-15-19-34(20-16-32)29(4)39-25-23-37(42)43/h6,8-22,39,41H,4-5,7,23-27H2,1-3H3,(H,42,43)/b11-6-,35-12+,38-28+. The van der Waals surface area contributed by atoms with E-state index in [9.17, 15) is 9.90 Å².